The lowest BCUT2D eigenvalue weighted by Crippen LogP contribution is -2.36. The fraction of sp³-hybridized carbons (Fsp3) is 0.529. The third kappa shape index (κ3) is 5.55. The standard InChI is InChI=1S/C17H21FN6O6/c1-8(25)28-6-11-14(29-9(2)26)12(18)15(30-11)17-22-13(10(27)5-21-19)16(23-17)20-7-24(3)4/h5,7,11-12,14-15H,6H2,1-4H3,(H,22,23)/t11-,12+,14-,15-/m1/s1. The zero-order chi connectivity index (χ0) is 22.4. The van der Waals surface area contributed by atoms with Gasteiger partial charge >= 0.3 is 18.2 Å². The van der Waals surface area contributed by atoms with Gasteiger partial charge in [0.25, 0.3) is 5.78 Å². The van der Waals surface area contributed by atoms with Crippen LogP contribution in [0.4, 0.5) is 10.2 Å². The molecule has 0 unspecified atom stereocenters. The summed E-state index contributed by atoms with van der Waals surface area (Å²) in [6.07, 6.45) is -3.70. The number of Topliss-reactive ketones (excluding diaryl/α,β-unsaturated/α-hetero) is 1. The third-order valence-electron chi connectivity index (χ3n) is 3.84. The Morgan fingerprint density at radius 2 is 2.07 bits per heavy atom. The van der Waals surface area contributed by atoms with Crippen LogP contribution in [0.25, 0.3) is 5.53 Å². The van der Waals surface area contributed by atoms with Gasteiger partial charge in [-0.15, -0.1) is 0 Å². The number of hydrogen-bond donors (Lipinski definition) is 1. The molecule has 2 rings (SSSR count). The predicted octanol–water partition coefficient (Wildman–Crippen LogP) is 0.387. The molecule has 1 aliphatic heterocycles. The van der Waals surface area contributed by atoms with Crippen LogP contribution in [0.3, 0.4) is 0 Å². The Balaban J connectivity index is 2.39. The average molecular weight is 424 g/mol. The highest BCUT2D eigenvalue weighted by Crippen LogP contribution is 2.37. The van der Waals surface area contributed by atoms with E-state index < -0.39 is 42.2 Å². The minimum absolute atomic E-state index is 0.0214. The minimum atomic E-state index is -1.87. The van der Waals surface area contributed by atoms with Crippen LogP contribution in [0, 0.1) is 0 Å². The van der Waals surface area contributed by atoms with Gasteiger partial charge in [-0.25, -0.2) is 14.4 Å². The number of alkyl halides is 1. The van der Waals surface area contributed by atoms with Crippen LogP contribution in [0.15, 0.2) is 4.99 Å². The monoisotopic (exact) mass is 424 g/mol. The van der Waals surface area contributed by atoms with Gasteiger partial charge in [0.2, 0.25) is 0 Å². The molecule has 0 bridgehead atoms. The number of rotatable bonds is 8. The van der Waals surface area contributed by atoms with Crippen LogP contribution < -0.4 is 0 Å². The Bertz CT molecular complexity index is 893. The highest BCUT2D eigenvalue weighted by Gasteiger charge is 2.50. The maximum Gasteiger partial charge on any atom is 0.329 e. The van der Waals surface area contributed by atoms with E-state index in [0.717, 1.165) is 6.92 Å². The number of aromatic nitrogens is 2. The number of aromatic amines is 1. The Kier molecular flexibility index (Phi) is 7.50. The number of halogens is 1. The van der Waals surface area contributed by atoms with Crippen molar-refractivity contribution >= 4 is 36.1 Å². The van der Waals surface area contributed by atoms with Crippen LogP contribution in [-0.2, 0) is 23.8 Å². The number of ketones is 1. The van der Waals surface area contributed by atoms with Crippen molar-refractivity contribution in [3.05, 3.63) is 17.0 Å². The molecule has 1 N–H and O–H groups in total. The Labute approximate surface area is 170 Å². The second-order valence-electron chi connectivity index (χ2n) is 6.55. The molecular formula is C17H21FN6O6. The number of carbonyl (C=O) groups excluding carboxylic acids is 3. The minimum Gasteiger partial charge on any atom is -0.463 e. The maximum atomic E-state index is 15.1. The number of ether oxygens (including phenoxy) is 3. The van der Waals surface area contributed by atoms with E-state index in [0.29, 0.717) is 6.21 Å². The number of imidazole rings is 1. The van der Waals surface area contributed by atoms with Gasteiger partial charge in [0.1, 0.15) is 18.5 Å². The Hall–Kier alpha value is -3.44. The van der Waals surface area contributed by atoms with Gasteiger partial charge in [-0.1, -0.05) is 0 Å². The quantitative estimate of drug-likeness (QED) is 0.157. The van der Waals surface area contributed by atoms with Gasteiger partial charge in [-0.2, -0.15) is 4.79 Å². The smallest absolute Gasteiger partial charge is 0.329 e. The summed E-state index contributed by atoms with van der Waals surface area (Å²) in [7, 11) is 3.39. The van der Waals surface area contributed by atoms with Crippen molar-refractivity contribution in [2.24, 2.45) is 4.99 Å². The van der Waals surface area contributed by atoms with E-state index in [1.165, 1.54) is 13.3 Å². The first kappa shape index (κ1) is 22.8. The van der Waals surface area contributed by atoms with Gasteiger partial charge in [-0.3, -0.25) is 14.4 Å². The summed E-state index contributed by atoms with van der Waals surface area (Å²) in [5.41, 5.74) is 8.38. The van der Waals surface area contributed by atoms with Crippen molar-refractivity contribution in [3.8, 4) is 0 Å². The predicted molar refractivity (Wildman–Crippen MR) is 99.1 cm³/mol. The molecular weight excluding hydrogens is 403 g/mol. The van der Waals surface area contributed by atoms with Crippen LogP contribution in [0.5, 0.6) is 0 Å². The van der Waals surface area contributed by atoms with Gasteiger partial charge in [-0.05, 0) is 0 Å². The van der Waals surface area contributed by atoms with Crippen molar-refractivity contribution in [2.75, 3.05) is 20.7 Å². The first-order chi connectivity index (χ1) is 14.1. The number of H-pyrrole nitrogens is 1. The summed E-state index contributed by atoms with van der Waals surface area (Å²) in [6, 6.07) is 0. The van der Waals surface area contributed by atoms with Crippen LogP contribution >= 0.6 is 0 Å². The molecule has 2 heterocycles. The zero-order valence-electron chi connectivity index (χ0n) is 16.7. The fourth-order valence-electron chi connectivity index (χ4n) is 2.67. The number of esters is 2. The lowest BCUT2D eigenvalue weighted by Gasteiger charge is -2.18. The fourth-order valence-corrected chi connectivity index (χ4v) is 2.67. The first-order valence-corrected chi connectivity index (χ1v) is 8.76. The van der Waals surface area contributed by atoms with E-state index >= 15 is 4.39 Å². The third-order valence-corrected chi connectivity index (χ3v) is 3.84. The van der Waals surface area contributed by atoms with E-state index in [9.17, 15) is 14.4 Å². The van der Waals surface area contributed by atoms with Crippen LogP contribution in [0.1, 0.15) is 36.3 Å². The SMILES string of the molecule is CC(=O)OC[C@H]1O[C@@H](c2nc(C(=O)C=[N+]=[N-])c(N=CN(C)C)[nH]2)[C@@H](F)[C@@H]1OC(C)=O. The molecule has 0 aromatic carbocycles. The molecule has 1 aromatic heterocycles. The molecule has 12 nitrogen and oxygen atoms in total. The van der Waals surface area contributed by atoms with Gasteiger partial charge in [0, 0.05) is 27.9 Å². The number of carbonyl (C=O) groups is 3. The molecule has 0 saturated carbocycles. The Morgan fingerprint density at radius 3 is 2.63 bits per heavy atom. The summed E-state index contributed by atoms with van der Waals surface area (Å²) < 4.78 is 30.5. The molecule has 162 valence electrons. The molecule has 1 saturated heterocycles. The highest BCUT2D eigenvalue weighted by atomic mass is 19.1. The highest BCUT2D eigenvalue weighted by molar-refractivity contribution is 6.34. The molecule has 0 amide bonds. The first-order valence-electron chi connectivity index (χ1n) is 8.76. The van der Waals surface area contributed by atoms with Crippen molar-refractivity contribution in [3.63, 3.8) is 0 Å². The lowest BCUT2D eigenvalue weighted by molar-refractivity contribution is -0.156. The molecule has 4 atom stereocenters. The van der Waals surface area contributed by atoms with E-state index in [1.807, 2.05) is 0 Å². The van der Waals surface area contributed by atoms with E-state index in [4.69, 9.17) is 19.7 Å². The van der Waals surface area contributed by atoms with Gasteiger partial charge < -0.3 is 29.6 Å². The topological polar surface area (TPSA) is 160 Å². The number of nitrogens with one attached hydrogen (secondary N) is 1. The van der Waals surface area contributed by atoms with Crippen LogP contribution in [0.2, 0.25) is 0 Å². The number of hydrogen-bond acceptors (Lipinski definition) is 8. The molecule has 13 heteroatoms. The largest absolute Gasteiger partial charge is 0.463 e. The number of nitrogens with zero attached hydrogens (tertiary/aromatic N) is 5. The zero-order valence-corrected chi connectivity index (χ0v) is 16.7. The molecule has 1 aliphatic rings. The summed E-state index contributed by atoms with van der Waals surface area (Å²) in [5, 5.41) is 0. The molecule has 1 fully saturated rings. The molecule has 30 heavy (non-hydrogen) atoms. The van der Waals surface area contributed by atoms with E-state index in [-0.39, 0.29) is 23.9 Å². The lowest BCUT2D eigenvalue weighted by atomic mass is 10.1. The summed E-state index contributed by atoms with van der Waals surface area (Å²) in [6.45, 7) is 1.93. The number of aliphatic imine (C=N–C) groups is 1. The maximum absolute atomic E-state index is 15.1. The molecule has 0 radical (unpaired) electrons. The van der Waals surface area contributed by atoms with Crippen molar-refractivity contribution in [1.82, 2.24) is 14.9 Å². The van der Waals surface area contributed by atoms with Gasteiger partial charge in [0.05, 0.1) is 6.34 Å². The van der Waals surface area contributed by atoms with Crippen molar-refractivity contribution in [1.29, 1.82) is 0 Å². The van der Waals surface area contributed by atoms with Crippen molar-refractivity contribution in [2.45, 2.75) is 38.3 Å². The molecule has 0 aliphatic carbocycles. The molecule has 0 spiro atoms. The van der Waals surface area contributed by atoms with E-state index in [2.05, 4.69) is 19.8 Å². The summed E-state index contributed by atoms with van der Waals surface area (Å²) in [4.78, 5) is 49.6. The van der Waals surface area contributed by atoms with E-state index in [1.54, 1.807) is 19.0 Å². The summed E-state index contributed by atoms with van der Waals surface area (Å²) in [5.74, 6) is -2.27. The second kappa shape index (κ2) is 9.85. The normalized spacial score (nSPS) is 23.1. The summed E-state index contributed by atoms with van der Waals surface area (Å²) >= 11 is 0. The van der Waals surface area contributed by atoms with Crippen LogP contribution in [-0.4, -0.2) is 89.0 Å². The average Bonchev–Trinajstić information content (AvgIpc) is 3.20. The van der Waals surface area contributed by atoms with Gasteiger partial charge in [0.15, 0.2) is 29.9 Å². The molecule has 1 aromatic rings. The second-order valence-corrected chi connectivity index (χ2v) is 6.55. The van der Waals surface area contributed by atoms with Crippen molar-refractivity contribution < 1.29 is 37.8 Å². The Morgan fingerprint density at radius 1 is 1.37 bits per heavy atom.